The number of benzene rings is 2. The number of amides is 1. The van der Waals surface area contributed by atoms with Crippen molar-refractivity contribution in [2.24, 2.45) is 17.8 Å². The number of unbranched alkanes of at least 4 members (excludes halogenated alkanes) is 1. The summed E-state index contributed by atoms with van der Waals surface area (Å²) in [5.41, 5.74) is 1.73. The fourth-order valence-corrected chi connectivity index (χ4v) is 10.9. The van der Waals surface area contributed by atoms with Gasteiger partial charge in [-0.15, -0.1) is 5.10 Å². The molecular weight excluding hydrogens is 981 g/mol. The minimum absolute atomic E-state index is 0.0268. The van der Waals surface area contributed by atoms with E-state index in [4.69, 9.17) is 28.4 Å². The molecule has 8 rings (SSSR count). The van der Waals surface area contributed by atoms with Crippen LogP contribution in [-0.4, -0.2) is 166 Å². The van der Waals surface area contributed by atoms with Crippen molar-refractivity contribution >= 4 is 34.4 Å². The number of non-ortho nitro benzene ring substituents is 1. The van der Waals surface area contributed by atoms with E-state index in [1.807, 2.05) is 18.5 Å². The minimum Gasteiger partial charge on any atom is -0.479 e. The number of aryl methyl sites for hydroxylation is 2. The second kappa shape index (κ2) is 25.6. The Hall–Kier alpha value is -5.47. The van der Waals surface area contributed by atoms with Gasteiger partial charge in [0.15, 0.2) is 24.8 Å². The van der Waals surface area contributed by atoms with Gasteiger partial charge in [0.1, 0.15) is 36.6 Å². The van der Waals surface area contributed by atoms with Gasteiger partial charge < -0.3 is 68.9 Å². The van der Waals surface area contributed by atoms with Crippen LogP contribution in [0.1, 0.15) is 94.1 Å². The van der Waals surface area contributed by atoms with E-state index < -0.39 is 115 Å². The number of carbonyl (C=O) groups excluding carboxylic acids is 2. The van der Waals surface area contributed by atoms with Crippen molar-refractivity contribution in [1.29, 1.82) is 0 Å². The number of carboxylic acids is 1. The molecule has 7 N–H and O–H groups in total. The number of aliphatic carboxylic acids is 1. The average Bonchev–Trinajstić information content (AvgIpc) is 4.05. The zero-order valence-electron chi connectivity index (χ0n) is 42.1. The smallest absolute Gasteiger partial charge is 0.338 e. The highest BCUT2D eigenvalue weighted by atomic mass is 16.7. The lowest BCUT2D eigenvalue weighted by molar-refractivity contribution is -0.384. The Balaban J connectivity index is 0.963. The van der Waals surface area contributed by atoms with Gasteiger partial charge in [0, 0.05) is 67.4 Å². The van der Waals surface area contributed by atoms with Gasteiger partial charge in [-0.25, -0.2) is 9.59 Å². The molecule has 0 spiro atoms. The number of nitro benzene ring substituents is 1. The number of aliphatic hydroxyl groups is 5. The number of carbonyl (C=O) groups is 3. The number of hydrogen-bond acceptors (Lipinski definition) is 18. The second-order valence-electron chi connectivity index (χ2n) is 20.5. The molecule has 410 valence electrons. The fraction of sp³-hybridized carbons (Fsp3) is 0.635. The molecule has 15 atom stereocenters. The third kappa shape index (κ3) is 13.7. The summed E-state index contributed by atoms with van der Waals surface area (Å²) in [6, 6.07) is 14.6. The van der Waals surface area contributed by atoms with Gasteiger partial charge in [-0.3, -0.25) is 19.6 Å². The maximum absolute atomic E-state index is 14.1. The fourth-order valence-electron chi connectivity index (χ4n) is 10.9. The molecule has 23 nitrogen and oxygen atoms in total. The lowest BCUT2D eigenvalue weighted by Gasteiger charge is -2.48. The van der Waals surface area contributed by atoms with Crippen LogP contribution < -0.4 is 5.32 Å². The molecule has 2 aliphatic carbocycles. The van der Waals surface area contributed by atoms with E-state index in [9.17, 15) is 55.1 Å². The quantitative estimate of drug-likeness (QED) is 0.0257. The maximum Gasteiger partial charge on any atom is 0.338 e. The maximum atomic E-state index is 14.1. The molecule has 4 heterocycles. The Labute approximate surface area is 433 Å². The van der Waals surface area contributed by atoms with Crippen LogP contribution in [-0.2, 0) is 57.5 Å². The summed E-state index contributed by atoms with van der Waals surface area (Å²) < 4.78 is 41.3. The number of esters is 1. The Bertz CT molecular complexity index is 2520. The first kappa shape index (κ1) is 55.8. The number of aromatic nitrogens is 4. The number of ether oxygens (including phenoxy) is 6. The monoisotopic (exact) mass is 1050 g/mol. The Kier molecular flexibility index (Phi) is 19.0. The molecule has 4 aromatic rings. The molecule has 2 aliphatic heterocycles. The highest BCUT2D eigenvalue weighted by molar-refractivity contribution is 5.89. The molecule has 0 radical (unpaired) electrons. The molecule has 0 unspecified atom stereocenters. The van der Waals surface area contributed by atoms with Crippen molar-refractivity contribution in [3.8, 4) is 0 Å². The zero-order valence-corrected chi connectivity index (χ0v) is 42.1. The molecular formula is C52H70N6O17. The molecule has 4 aliphatic rings. The summed E-state index contributed by atoms with van der Waals surface area (Å²) in [4.78, 5) is 51.6. The average molecular weight is 1050 g/mol. The number of aliphatic hydroxyl groups excluding tert-OH is 5. The van der Waals surface area contributed by atoms with Crippen LogP contribution in [0.2, 0.25) is 0 Å². The summed E-state index contributed by atoms with van der Waals surface area (Å²) in [5, 5.41) is 88.5. The SMILES string of the molecule is C[C@@H]1O[C@@H](O[C@@H]2[C@@H](C)C[C@@H](C(=O)NCCc3cn(CCCCn4ccc5cc([N+](=O)[O-])ccc54)nn3)C[C@H]2O[C@@H]2O[C@H](CO)[C@H](O)[C@H](O[C@@H](CC3CCCCC3)C(=O)O)[C@H]2OC(=O)c2ccccc2)[C@@H](O)[C@H](O)[C@@H]1O. The molecule has 2 aromatic heterocycles. The standard InChI is InChI=1S/C52H70N6O17/c1-29-23-34(48(64)53-19-17-35-27-57(55-54-35)21-10-9-20-56-22-18-33-25-36(58(68)69)15-16-37(33)56)26-38(45(29)75-51-44(63)43(62)41(60)30(2)70-51)72-52-47(74-50(67)32-13-7-4-8-14-32)46(42(61)40(28-59)73-52)71-39(49(65)66)24-31-11-5-3-6-12-31/h4,7-8,13-16,18,22,25,27,29-31,34,38-47,51-52,59-63H,3,5-6,9-12,17,19-21,23-24,26,28H2,1-2H3,(H,53,64)(H,65,66)/t29-,30-,34+,38+,39-,40+,41+,42-,43+,44-,45+,46-,47+,51-,52+/m0/s1. The Morgan fingerprint density at radius 1 is 0.880 bits per heavy atom. The largest absolute Gasteiger partial charge is 0.479 e. The van der Waals surface area contributed by atoms with Gasteiger partial charge in [-0.05, 0) is 75.1 Å². The van der Waals surface area contributed by atoms with Gasteiger partial charge in [0.25, 0.3) is 5.69 Å². The number of carboxylic acid groups (broad SMARTS) is 1. The lowest BCUT2D eigenvalue weighted by Crippen LogP contribution is -2.64. The van der Waals surface area contributed by atoms with E-state index in [1.165, 1.54) is 25.1 Å². The van der Waals surface area contributed by atoms with Crippen LogP contribution >= 0.6 is 0 Å². The summed E-state index contributed by atoms with van der Waals surface area (Å²) in [6.45, 7) is 4.03. The van der Waals surface area contributed by atoms with E-state index >= 15 is 0 Å². The summed E-state index contributed by atoms with van der Waals surface area (Å²) in [6.07, 6.45) is -8.33. The number of nitrogens with one attached hydrogen (secondary N) is 1. The van der Waals surface area contributed by atoms with Crippen molar-refractivity contribution in [2.45, 2.75) is 177 Å². The van der Waals surface area contributed by atoms with Gasteiger partial charge in [-0.1, -0.05) is 62.4 Å². The number of nitrogens with zero attached hydrogens (tertiary/aromatic N) is 5. The van der Waals surface area contributed by atoms with E-state index in [1.54, 1.807) is 41.9 Å². The molecule has 1 amide bonds. The first-order valence-electron chi connectivity index (χ1n) is 26.1. The summed E-state index contributed by atoms with van der Waals surface area (Å²) in [5.74, 6) is -3.72. The summed E-state index contributed by atoms with van der Waals surface area (Å²) >= 11 is 0. The van der Waals surface area contributed by atoms with Crippen molar-refractivity contribution < 1.29 is 78.4 Å². The molecule has 4 fully saturated rings. The number of rotatable bonds is 22. The molecule has 2 saturated carbocycles. The molecule has 2 saturated heterocycles. The van der Waals surface area contributed by atoms with Crippen molar-refractivity contribution in [1.82, 2.24) is 24.9 Å². The van der Waals surface area contributed by atoms with Gasteiger partial charge in [-0.2, -0.15) is 0 Å². The van der Waals surface area contributed by atoms with Crippen molar-refractivity contribution in [2.75, 3.05) is 13.2 Å². The molecule has 2 aromatic carbocycles. The number of nitro groups is 1. The minimum atomic E-state index is -1.71. The van der Waals surface area contributed by atoms with Crippen molar-refractivity contribution in [3.05, 3.63) is 88.4 Å². The summed E-state index contributed by atoms with van der Waals surface area (Å²) in [7, 11) is 0. The first-order chi connectivity index (χ1) is 36.1. The normalized spacial score (nSPS) is 30.9. The van der Waals surface area contributed by atoms with Crippen LogP contribution in [0, 0.1) is 27.9 Å². The van der Waals surface area contributed by atoms with Gasteiger partial charge in [0.2, 0.25) is 5.91 Å². The lowest BCUT2D eigenvalue weighted by atomic mass is 9.77. The van der Waals surface area contributed by atoms with E-state index in [0.717, 1.165) is 55.8 Å². The van der Waals surface area contributed by atoms with Crippen LogP contribution in [0.5, 0.6) is 0 Å². The predicted octanol–water partition coefficient (Wildman–Crippen LogP) is 3.04. The predicted molar refractivity (Wildman–Crippen MR) is 263 cm³/mol. The van der Waals surface area contributed by atoms with Crippen LogP contribution in [0.15, 0.2) is 67.0 Å². The highest BCUT2D eigenvalue weighted by Crippen LogP contribution is 2.39. The molecule has 75 heavy (non-hydrogen) atoms. The first-order valence-corrected chi connectivity index (χ1v) is 26.1. The van der Waals surface area contributed by atoms with Crippen molar-refractivity contribution in [3.63, 3.8) is 0 Å². The molecule has 0 bridgehead atoms. The van der Waals surface area contributed by atoms with Crippen LogP contribution in [0.3, 0.4) is 0 Å². The van der Waals surface area contributed by atoms with Crippen LogP contribution in [0.25, 0.3) is 10.9 Å². The second-order valence-corrected chi connectivity index (χ2v) is 20.5. The Morgan fingerprint density at radius 3 is 2.37 bits per heavy atom. The zero-order chi connectivity index (χ0) is 53.3. The highest BCUT2D eigenvalue weighted by Gasteiger charge is 2.54. The number of hydrogen-bond donors (Lipinski definition) is 7. The topological polar surface area (TPSA) is 319 Å². The van der Waals surface area contributed by atoms with Crippen LogP contribution in [0.4, 0.5) is 5.69 Å². The van der Waals surface area contributed by atoms with Gasteiger partial charge in [0.05, 0.1) is 41.1 Å². The molecule has 23 heteroatoms. The van der Waals surface area contributed by atoms with E-state index in [0.29, 0.717) is 25.2 Å². The third-order valence-electron chi connectivity index (χ3n) is 15.1. The van der Waals surface area contributed by atoms with E-state index in [2.05, 4.69) is 20.2 Å². The van der Waals surface area contributed by atoms with E-state index in [-0.39, 0.29) is 48.9 Å². The third-order valence-corrected chi connectivity index (χ3v) is 15.1. The number of fused-ring (bicyclic) bond motifs is 1. The van der Waals surface area contributed by atoms with Gasteiger partial charge >= 0.3 is 11.9 Å². The Morgan fingerprint density at radius 2 is 1.64 bits per heavy atom.